The van der Waals surface area contributed by atoms with Gasteiger partial charge in [-0.2, -0.15) is 0 Å². The van der Waals surface area contributed by atoms with Gasteiger partial charge in [-0.25, -0.2) is 0 Å². The Morgan fingerprint density at radius 2 is 2.00 bits per heavy atom. The Balaban J connectivity index is 2.93. The predicted octanol–water partition coefficient (Wildman–Crippen LogP) is 3.15. The monoisotopic (exact) mass is 224 g/mol. The zero-order chi connectivity index (χ0) is 12.1. The molecule has 3 heteroatoms. The lowest BCUT2D eigenvalue weighted by atomic mass is 10.0. The molecule has 0 unspecified atom stereocenters. The highest BCUT2D eigenvalue weighted by Gasteiger charge is 2.16. The van der Waals surface area contributed by atoms with Gasteiger partial charge in [0.2, 0.25) is 5.88 Å². The third-order valence-electron chi connectivity index (χ3n) is 2.82. The molecule has 1 rings (SSSR count). The fraction of sp³-hybridized carbons (Fsp3) is 0.769. The first-order valence-corrected chi connectivity index (χ1v) is 6.37. The predicted molar refractivity (Wildman–Crippen MR) is 66.7 cm³/mol. The molecule has 0 saturated heterocycles. The van der Waals surface area contributed by atoms with Crippen LogP contribution in [-0.4, -0.2) is 14.9 Å². The van der Waals surface area contributed by atoms with Gasteiger partial charge in [-0.15, -0.1) is 5.10 Å². The molecule has 0 atom stereocenters. The molecule has 0 radical (unpaired) electrons. The van der Waals surface area contributed by atoms with Crippen molar-refractivity contribution in [1.29, 1.82) is 0 Å². The first kappa shape index (κ1) is 13.1. The van der Waals surface area contributed by atoms with E-state index in [9.17, 15) is 5.11 Å². The molecule has 0 fully saturated rings. The average molecular weight is 224 g/mol. The van der Waals surface area contributed by atoms with Crippen LogP contribution in [0.4, 0.5) is 0 Å². The first-order valence-electron chi connectivity index (χ1n) is 6.37. The van der Waals surface area contributed by atoms with E-state index >= 15 is 0 Å². The summed E-state index contributed by atoms with van der Waals surface area (Å²) in [5.41, 5.74) is 2.26. The number of hydrogen-bond acceptors (Lipinski definition) is 2. The molecule has 0 aliphatic heterocycles. The van der Waals surface area contributed by atoms with Gasteiger partial charge in [0.05, 0.1) is 0 Å². The molecular weight excluding hydrogens is 200 g/mol. The van der Waals surface area contributed by atoms with Crippen molar-refractivity contribution in [2.45, 2.75) is 59.9 Å². The highest BCUT2D eigenvalue weighted by atomic mass is 16.3. The molecule has 0 aromatic carbocycles. The molecule has 1 heterocycles. The smallest absolute Gasteiger partial charge is 0.233 e. The van der Waals surface area contributed by atoms with E-state index in [4.69, 9.17) is 0 Å². The van der Waals surface area contributed by atoms with E-state index in [1.807, 2.05) is 4.68 Å². The lowest BCUT2D eigenvalue weighted by Crippen LogP contribution is -2.06. The number of hydrogen-bond donors (Lipinski definition) is 1. The summed E-state index contributed by atoms with van der Waals surface area (Å²) in [4.78, 5) is 0. The third kappa shape index (κ3) is 3.00. The SMILES string of the molecule is CCCCn1nc(O)c(CC(C)C)c1CC. The van der Waals surface area contributed by atoms with Crippen LogP contribution in [0.1, 0.15) is 51.8 Å². The van der Waals surface area contributed by atoms with E-state index in [2.05, 4.69) is 32.8 Å². The number of rotatable bonds is 6. The molecule has 0 aliphatic rings. The Hall–Kier alpha value is -0.990. The van der Waals surface area contributed by atoms with Gasteiger partial charge in [0, 0.05) is 17.8 Å². The van der Waals surface area contributed by atoms with Gasteiger partial charge in [-0.05, 0) is 25.2 Å². The van der Waals surface area contributed by atoms with Gasteiger partial charge in [0.1, 0.15) is 0 Å². The Bertz CT molecular complexity index is 329. The van der Waals surface area contributed by atoms with Crippen LogP contribution in [0.15, 0.2) is 0 Å². The molecule has 16 heavy (non-hydrogen) atoms. The summed E-state index contributed by atoms with van der Waals surface area (Å²) in [5, 5.41) is 14.1. The fourth-order valence-electron chi connectivity index (χ4n) is 2.03. The first-order chi connectivity index (χ1) is 7.60. The van der Waals surface area contributed by atoms with Crippen LogP contribution in [0.5, 0.6) is 5.88 Å². The van der Waals surface area contributed by atoms with Gasteiger partial charge < -0.3 is 5.11 Å². The zero-order valence-electron chi connectivity index (χ0n) is 11.0. The van der Waals surface area contributed by atoms with Crippen molar-refractivity contribution in [1.82, 2.24) is 9.78 Å². The Morgan fingerprint density at radius 1 is 1.31 bits per heavy atom. The topological polar surface area (TPSA) is 38.0 Å². The van der Waals surface area contributed by atoms with Crippen LogP contribution >= 0.6 is 0 Å². The normalized spacial score (nSPS) is 11.3. The zero-order valence-corrected chi connectivity index (χ0v) is 11.0. The van der Waals surface area contributed by atoms with Crippen molar-refractivity contribution in [3.8, 4) is 5.88 Å². The Kier molecular flexibility index (Phi) is 4.84. The molecule has 1 aromatic rings. The van der Waals surface area contributed by atoms with Gasteiger partial charge in [-0.1, -0.05) is 34.1 Å². The van der Waals surface area contributed by atoms with Crippen LogP contribution in [0, 0.1) is 5.92 Å². The highest BCUT2D eigenvalue weighted by Crippen LogP contribution is 2.24. The molecular formula is C13H24N2O. The molecule has 0 bridgehead atoms. The van der Waals surface area contributed by atoms with Crippen LogP contribution < -0.4 is 0 Å². The summed E-state index contributed by atoms with van der Waals surface area (Å²) in [6.07, 6.45) is 4.14. The largest absolute Gasteiger partial charge is 0.492 e. The Labute approximate surface area is 98.5 Å². The average Bonchev–Trinajstić information content (AvgIpc) is 2.51. The minimum atomic E-state index is 0.238. The van der Waals surface area contributed by atoms with Crippen LogP contribution in [0.25, 0.3) is 0 Å². The van der Waals surface area contributed by atoms with E-state index in [-0.39, 0.29) is 5.88 Å². The molecule has 1 aromatic heterocycles. The maximum Gasteiger partial charge on any atom is 0.233 e. The quantitative estimate of drug-likeness (QED) is 0.806. The maximum absolute atomic E-state index is 9.86. The summed E-state index contributed by atoms with van der Waals surface area (Å²) in [6, 6.07) is 0. The fourth-order valence-corrected chi connectivity index (χ4v) is 2.03. The second-order valence-electron chi connectivity index (χ2n) is 4.78. The maximum atomic E-state index is 9.86. The second-order valence-corrected chi connectivity index (χ2v) is 4.78. The molecule has 3 nitrogen and oxygen atoms in total. The number of aryl methyl sites for hydroxylation is 1. The summed E-state index contributed by atoms with van der Waals surface area (Å²) >= 11 is 0. The van der Waals surface area contributed by atoms with Crippen molar-refractivity contribution in [2.75, 3.05) is 0 Å². The number of aromatic nitrogens is 2. The summed E-state index contributed by atoms with van der Waals surface area (Å²) in [6.45, 7) is 9.56. The van der Waals surface area contributed by atoms with E-state index in [0.29, 0.717) is 5.92 Å². The third-order valence-corrected chi connectivity index (χ3v) is 2.82. The second kappa shape index (κ2) is 5.92. The van der Waals surface area contributed by atoms with Crippen molar-refractivity contribution in [3.05, 3.63) is 11.3 Å². The molecule has 0 spiro atoms. The minimum Gasteiger partial charge on any atom is -0.492 e. The lowest BCUT2D eigenvalue weighted by molar-refractivity contribution is 0.427. The van der Waals surface area contributed by atoms with Crippen molar-refractivity contribution in [3.63, 3.8) is 0 Å². The molecule has 0 amide bonds. The van der Waals surface area contributed by atoms with Gasteiger partial charge in [0.25, 0.3) is 0 Å². The Morgan fingerprint density at radius 3 is 2.50 bits per heavy atom. The summed E-state index contributed by atoms with van der Waals surface area (Å²) in [7, 11) is 0. The minimum absolute atomic E-state index is 0.238. The van der Waals surface area contributed by atoms with Gasteiger partial charge >= 0.3 is 0 Å². The highest BCUT2D eigenvalue weighted by molar-refractivity contribution is 5.30. The van der Waals surface area contributed by atoms with Crippen molar-refractivity contribution in [2.24, 2.45) is 5.92 Å². The number of aromatic hydroxyl groups is 1. The molecule has 0 saturated carbocycles. The van der Waals surface area contributed by atoms with Gasteiger partial charge in [-0.3, -0.25) is 4.68 Å². The van der Waals surface area contributed by atoms with Crippen molar-refractivity contribution >= 4 is 0 Å². The van der Waals surface area contributed by atoms with Crippen LogP contribution in [0.3, 0.4) is 0 Å². The lowest BCUT2D eigenvalue weighted by Gasteiger charge is -2.08. The van der Waals surface area contributed by atoms with Crippen LogP contribution in [-0.2, 0) is 19.4 Å². The van der Waals surface area contributed by atoms with Crippen molar-refractivity contribution < 1.29 is 5.11 Å². The van der Waals surface area contributed by atoms with E-state index in [1.54, 1.807) is 0 Å². The van der Waals surface area contributed by atoms with E-state index in [0.717, 1.165) is 37.8 Å². The summed E-state index contributed by atoms with van der Waals surface area (Å²) in [5.74, 6) is 0.793. The van der Waals surface area contributed by atoms with Gasteiger partial charge in [0.15, 0.2) is 0 Å². The molecule has 92 valence electrons. The van der Waals surface area contributed by atoms with E-state index in [1.165, 1.54) is 5.69 Å². The standard InChI is InChI=1S/C13H24N2O/c1-5-7-8-15-12(6-2)11(9-10(3)4)13(16)14-15/h10H,5-9H2,1-4H3,(H,14,16). The molecule has 1 N–H and O–H groups in total. The van der Waals surface area contributed by atoms with Crippen LogP contribution in [0.2, 0.25) is 0 Å². The van der Waals surface area contributed by atoms with E-state index < -0.39 is 0 Å². The molecule has 0 aliphatic carbocycles. The number of nitrogens with zero attached hydrogens (tertiary/aromatic N) is 2. The summed E-state index contributed by atoms with van der Waals surface area (Å²) < 4.78 is 1.98. The number of unbranched alkanes of at least 4 members (excludes halogenated alkanes) is 1.